The molecule has 0 aliphatic heterocycles. The van der Waals surface area contributed by atoms with E-state index in [4.69, 9.17) is 4.74 Å². The molecule has 5 nitrogen and oxygen atoms in total. The molecule has 0 spiro atoms. The third kappa shape index (κ3) is 28.0. The lowest BCUT2D eigenvalue weighted by molar-refractivity contribution is -0.147. The number of ether oxygens (including phenoxy) is 1. The SMILES string of the molecule is CCCCCCCCCCN(C(=O)CCCN(C)C)C(CCCCCCCCC)CC(=O)OCCC(CCCCC)CCCCC. The number of carbonyl (C=O) groups excluding carboxylic acids is 2. The van der Waals surface area contributed by atoms with E-state index in [1.165, 1.54) is 135 Å². The normalized spacial score (nSPS) is 12.3. The number of hydrogen-bond donors (Lipinski definition) is 0. The molecule has 0 saturated carbocycles. The Balaban J connectivity index is 5.33. The molecule has 0 aliphatic carbocycles. The summed E-state index contributed by atoms with van der Waals surface area (Å²) in [6.45, 7) is 11.3. The first-order valence-electron chi connectivity index (χ1n) is 20.5. The van der Waals surface area contributed by atoms with Crippen molar-refractivity contribution >= 4 is 11.9 Å². The average Bonchev–Trinajstić information content (AvgIpc) is 3.03. The summed E-state index contributed by atoms with van der Waals surface area (Å²) in [5, 5.41) is 0. The van der Waals surface area contributed by atoms with Gasteiger partial charge < -0.3 is 14.5 Å². The van der Waals surface area contributed by atoms with Crippen LogP contribution in [0.4, 0.5) is 0 Å². The van der Waals surface area contributed by atoms with E-state index in [1.54, 1.807) is 0 Å². The maximum Gasteiger partial charge on any atom is 0.307 e. The first-order valence-corrected chi connectivity index (χ1v) is 20.5. The van der Waals surface area contributed by atoms with Crippen LogP contribution in [-0.2, 0) is 14.3 Å². The van der Waals surface area contributed by atoms with Gasteiger partial charge in [-0.15, -0.1) is 0 Å². The fourth-order valence-corrected chi connectivity index (χ4v) is 6.71. The highest BCUT2D eigenvalue weighted by Crippen LogP contribution is 2.23. The van der Waals surface area contributed by atoms with Crippen LogP contribution in [0.3, 0.4) is 0 Å². The first kappa shape index (κ1) is 44.9. The van der Waals surface area contributed by atoms with Crippen LogP contribution < -0.4 is 0 Å². The molecule has 46 heavy (non-hydrogen) atoms. The molecule has 0 fully saturated rings. The van der Waals surface area contributed by atoms with E-state index >= 15 is 0 Å². The van der Waals surface area contributed by atoms with Gasteiger partial charge >= 0.3 is 5.97 Å². The smallest absolute Gasteiger partial charge is 0.307 e. The number of hydrogen-bond acceptors (Lipinski definition) is 4. The quantitative estimate of drug-likeness (QED) is 0.0506. The number of amides is 1. The van der Waals surface area contributed by atoms with Gasteiger partial charge in [0.2, 0.25) is 5.91 Å². The lowest BCUT2D eigenvalue weighted by Gasteiger charge is -2.32. The summed E-state index contributed by atoms with van der Waals surface area (Å²) in [4.78, 5) is 31.3. The summed E-state index contributed by atoms with van der Waals surface area (Å²) < 4.78 is 5.94. The van der Waals surface area contributed by atoms with Crippen molar-refractivity contribution in [3.05, 3.63) is 0 Å². The maximum absolute atomic E-state index is 13.7. The Hall–Kier alpha value is -1.10. The van der Waals surface area contributed by atoms with Gasteiger partial charge in [-0.05, 0) is 52.2 Å². The zero-order valence-corrected chi connectivity index (χ0v) is 32.2. The summed E-state index contributed by atoms with van der Waals surface area (Å²) >= 11 is 0. The second-order valence-electron chi connectivity index (χ2n) is 14.6. The standard InChI is InChI=1S/C41H82N2O3/c1-7-11-15-17-19-21-23-27-35-43(40(44)32-28-34-42(5)6)39(31-26-22-20-18-16-12-8-2)37-41(45)46-36-33-38(29-24-13-9-3)30-25-14-10-4/h38-39H,7-37H2,1-6H3. The molecule has 0 N–H and O–H groups in total. The predicted molar refractivity (Wildman–Crippen MR) is 200 cm³/mol. The minimum absolute atomic E-state index is 0.0375. The minimum atomic E-state index is -0.101. The van der Waals surface area contributed by atoms with E-state index in [9.17, 15) is 9.59 Å². The molecule has 1 unspecified atom stereocenters. The van der Waals surface area contributed by atoms with Crippen LogP contribution in [0.25, 0.3) is 0 Å². The molecule has 274 valence electrons. The number of unbranched alkanes of at least 4 members (excludes halogenated alkanes) is 17. The molecule has 5 heteroatoms. The molecule has 0 aromatic rings. The van der Waals surface area contributed by atoms with E-state index < -0.39 is 0 Å². The summed E-state index contributed by atoms with van der Waals surface area (Å²) in [5.74, 6) is 0.791. The Labute approximate surface area is 288 Å². The summed E-state index contributed by atoms with van der Waals surface area (Å²) in [6.07, 6.45) is 32.6. The van der Waals surface area contributed by atoms with E-state index in [0.717, 1.165) is 45.2 Å². The number of carbonyl (C=O) groups is 2. The van der Waals surface area contributed by atoms with Crippen molar-refractivity contribution in [3.63, 3.8) is 0 Å². The Morgan fingerprint density at radius 3 is 1.50 bits per heavy atom. The molecule has 0 aromatic carbocycles. The second-order valence-corrected chi connectivity index (χ2v) is 14.6. The van der Waals surface area contributed by atoms with Gasteiger partial charge in [-0.25, -0.2) is 0 Å². The average molecular weight is 651 g/mol. The van der Waals surface area contributed by atoms with Gasteiger partial charge in [-0.1, -0.05) is 169 Å². The summed E-state index contributed by atoms with van der Waals surface area (Å²) in [6, 6.07) is -0.0375. The molecular formula is C41H82N2O3. The van der Waals surface area contributed by atoms with Crippen molar-refractivity contribution in [1.29, 1.82) is 0 Å². The zero-order chi connectivity index (χ0) is 34.1. The molecule has 1 amide bonds. The van der Waals surface area contributed by atoms with Crippen molar-refractivity contribution in [2.24, 2.45) is 5.92 Å². The molecular weight excluding hydrogens is 568 g/mol. The number of nitrogens with zero attached hydrogens (tertiary/aromatic N) is 2. The first-order chi connectivity index (χ1) is 22.4. The van der Waals surface area contributed by atoms with E-state index in [1.807, 2.05) is 0 Å². The molecule has 0 bridgehead atoms. The van der Waals surface area contributed by atoms with Crippen LogP contribution in [0.5, 0.6) is 0 Å². The lowest BCUT2D eigenvalue weighted by atomic mass is 9.92. The van der Waals surface area contributed by atoms with Gasteiger partial charge in [-0.2, -0.15) is 0 Å². The van der Waals surface area contributed by atoms with Crippen LogP contribution in [-0.4, -0.2) is 61.5 Å². The van der Waals surface area contributed by atoms with Crippen LogP contribution in [0.15, 0.2) is 0 Å². The molecule has 0 aromatic heterocycles. The highest BCUT2D eigenvalue weighted by molar-refractivity contribution is 5.78. The van der Waals surface area contributed by atoms with Crippen molar-refractivity contribution in [3.8, 4) is 0 Å². The van der Waals surface area contributed by atoms with Gasteiger partial charge in [0, 0.05) is 19.0 Å². The third-order valence-electron chi connectivity index (χ3n) is 9.77. The topological polar surface area (TPSA) is 49.9 Å². The Bertz CT molecular complexity index is 658. The largest absolute Gasteiger partial charge is 0.466 e. The highest BCUT2D eigenvalue weighted by atomic mass is 16.5. The third-order valence-corrected chi connectivity index (χ3v) is 9.77. The van der Waals surface area contributed by atoms with Crippen LogP contribution in [0, 0.1) is 5.92 Å². The summed E-state index contributed by atoms with van der Waals surface area (Å²) in [7, 11) is 4.14. The fraction of sp³-hybridized carbons (Fsp3) is 0.951. The van der Waals surface area contributed by atoms with Crippen LogP contribution >= 0.6 is 0 Å². The van der Waals surface area contributed by atoms with Crippen molar-refractivity contribution < 1.29 is 14.3 Å². The predicted octanol–water partition coefficient (Wildman–Crippen LogP) is 11.9. The number of esters is 1. The molecule has 0 rings (SSSR count). The Morgan fingerprint density at radius 1 is 0.522 bits per heavy atom. The monoisotopic (exact) mass is 651 g/mol. The van der Waals surface area contributed by atoms with Gasteiger partial charge in [0.05, 0.1) is 13.0 Å². The molecule has 0 aliphatic rings. The zero-order valence-electron chi connectivity index (χ0n) is 32.2. The summed E-state index contributed by atoms with van der Waals surface area (Å²) in [5.41, 5.74) is 0. The van der Waals surface area contributed by atoms with Crippen LogP contribution in [0.1, 0.15) is 207 Å². The molecule has 0 heterocycles. The van der Waals surface area contributed by atoms with Crippen molar-refractivity contribution in [1.82, 2.24) is 9.80 Å². The molecule has 0 saturated heterocycles. The minimum Gasteiger partial charge on any atom is -0.466 e. The van der Waals surface area contributed by atoms with Gasteiger partial charge in [0.25, 0.3) is 0 Å². The fourth-order valence-electron chi connectivity index (χ4n) is 6.71. The van der Waals surface area contributed by atoms with Gasteiger partial charge in [-0.3, -0.25) is 9.59 Å². The maximum atomic E-state index is 13.7. The van der Waals surface area contributed by atoms with Gasteiger partial charge in [0.1, 0.15) is 0 Å². The molecule has 0 radical (unpaired) electrons. The van der Waals surface area contributed by atoms with E-state index in [2.05, 4.69) is 51.6 Å². The van der Waals surface area contributed by atoms with Gasteiger partial charge in [0.15, 0.2) is 0 Å². The lowest BCUT2D eigenvalue weighted by Crippen LogP contribution is -2.42. The molecule has 1 atom stereocenters. The van der Waals surface area contributed by atoms with Crippen molar-refractivity contribution in [2.75, 3.05) is 33.8 Å². The highest BCUT2D eigenvalue weighted by Gasteiger charge is 2.26. The Kier molecular flexibility index (Phi) is 33.0. The van der Waals surface area contributed by atoms with Crippen LogP contribution in [0.2, 0.25) is 0 Å². The van der Waals surface area contributed by atoms with E-state index in [-0.39, 0.29) is 17.9 Å². The van der Waals surface area contributed by atoms with E-state index in [0.29, 0.717) is 25.4 Å². The Morgan fingerprint density at radius 2 is 0.978 bits per heavy atom. The second kappa shape index (κ2) is 33.8. The number of rotatable bonds is 35. The van der Waals surface area contributed by atoms with Crippen molar-refractivity contribution in [2.45, 2.75) is 214 Å².